The largest absolute Gasteiger partial charge is 0.444 e. The van der Waals surface area contributed by atoms with Crippen molar-refractivity contribution < 1.29 is 19.1 Å². The number of alkyl carbamates (subject to hydrolysis) is 1. The topological polar surface area (TPSA) is 76.7 Å². The van der Waals surface area contributed by atoms with Crippen molar-refractivity contribution in [3.63, 3.8) is 0 Å². The van der Waals surface area contributed by atoms with Crippen LogP contribution in [0.5, 0.6) is 0 Å². The molecule has 0 aliphatic rings. The van der Waals surface area contributed by atoms with E-state index in [9.17, 15) is 9.59 Å². The summed E-state index contributed by atoms with van der Waals surface area (Å²) >= 11 is 12.1. The van der Waals surface area contributed by atoms with Gasteiger partial charge in [-0.1, -0.05) is 23.2 Å². The van der Waals surface area contributed by atoms with Gasteiger partial charge in [-0.05, 0) is 44.5 Å². The van der Waals surface area contributed by atoms with Crippen molar-refractivity contribution >= 4 is 35.2 Å². The lowest BCUT2D eigenvalue weighted by atomic mass is 10.1. The van der Waals surface area contributed by atoms with Gasteiger partial charge in [0.05, 0.1) is 0 Å². The molecule has 0 spiro atoms. The van der Waals surface area contributed by atoms with Gasteiger partial charge in [-0.3, -0.25) is 4.79 Å². The lowest BCUT2D eigenvalue weighted by molar-refractivity contribution is -0.124. The SMILES string of the molecule is COCNC(=O)C(Cc1cc(Cl)ccc1Cl)NC(=O)OC(C)(C)C. The molecule has 0 aromatic heterocycles. The number of benzene rings is 1. The van der Waals surface area contributed by atoms with Crippen molar-refractivity contribution in [2.24, 2.45) is 0 Å². The molecule has 0 heterocycles. The second kappa shape index (κ2) is 9.11. The maximum Gasteiger partial charge on any atom is 0.408 e. The number of methoxy groups -OCH3 is 1. The zero-order chi connectivity index (χ0) is 18.3. The van der Waals surface area contributed by atoms with Gasteiger partial charge in [-0.2, -0.15) is 0 Å². The average molecular weight is 377 g/mol. The third kappa shape index (κ3) is 7.38. The highest BCUT2D eigenvalue weighted by Crippen LogP contribution is 2.22. The number of rotatable bonds is 6. The molecule has 1 unspecified atom stereocenters. The molecule has 1 aromatic carbocycles. The predicted molar refractivity (Wildman–Crippen MR) is 93.3 cm³/mol. The predicted octanol–water partition coefficient (Wildman–Crippen LogP) is 3.15. The standard InChI is InChI=1S/C16H22Cl2N2O4/c1-16(2,3)24-15(22)20-13(14(21)19-9-23-4)8-10-7-11(17)5-6-12(10)18/h5-7,13H,8-9H2,1-4H3,(H,19,21)(H,20,22). The number of carbonyl (C=O) groups excluding carboxylic acids is 2. The highest BCUT2D eigenvalue weighted by Gasteiger charge is 2.25. The molecule has 0 aliphatic heterocycles. The molecule has 0 fully saturated rings. The molecule has 2 amide bonds. The summed E-state index contributed by atoms with van der Waals surface area (Å²) < 4.78 is 10.0. The van der Waals surface area contributed by atoms with E-state index in [1.54, 1.807) is 39.0 Å². The molecular weight excluding hydrogens is 355 g/mol. The van der Waals surface area contributed by atoms with Gasteiger partial charge in [0.2, 0.25) is 5.91 Å². The van der Waals surface area contributed by atoms with Gasteiger partial charge < -0.3 is 20.1 Å². The summed E-state index contributed by atoms with van der Waals surface area (Å²) in [6, 6.07) is 4.05. The van der Waals surface area contributed by atoms with Crippen LogP contribution in [-0.4, -0.2) is 37.5 Å². The van der Waals surface area contributed by atoms with E-state index in [-0.39, 0.29) is 13.2 Å². The van der Waals surface area contributed by atoms with Gasteiger partial charge in [-0.15, -0.1) is 0 Å². The van der Waals surface area contributed by atoms with Gasteiger partial charge in [-0.25, -0.2) is 4.79 Å². The van der Waals surface area contributed by atoms with Gasteiger partial charge in [0.25, 0.3) is 0 Å². The third-order valence-corrected chi connectivity index (χ3v) is 3.43. The molecule has 2 N–H and O–H groups in total. The molecule has 0 saturated heterocycles. The second-order valence-corrected chi connectivity index (χ2v) is 6.96. The molecule has 1 atom stereocenters. The number of halogens is 2. The van der Waals surface area contributed by atoms with Crippen LogP contribution in [0, 0.1) is 0 Å². The van der Waals surface area contributed by atoms with Gasteiger partial charge in [0.15, 0.2) is 0 Å². The highest BCUT2D eigenvalue weighted by molar-refractivity contribution is 6.33. The Bertz CT molecular complexity index is 588. The molecule has 1 aromatic rings. The van der Waals surface area contributed by atoms with E-state index in [0.717, 1.165) is 0 Å². The number of hydrogen-bond acceptors (Lipinski definition) is 4. The summed E-state index contributed by atoms with van der Waals surface area (Å²) in [5.74, 6) is -0.418. The maximum atomic E-state index is 12.3. The van der Waals surface area contributed by atoms with Crippen LogP contribution in [0.3, 0.4) is 0 Å². The summed E-state index contributed by atoms with van der Waals surface area (Å²) in [6.45, 7) is 5.23. The van der Waals surface area contributed by atoms with E-state index in [4.69, 9.17) is 32.7 Å². The lowest BCUT2D eigenvalue weighted by Crippen LogP contribution is -2.49. The molecule has 0 radical (unpaired) electrons. The Morgan fingerprint density at radius 1 is 1.25 bits per heavy atom. The van der Waals surface area contributed by atoms with Crippen molar-refractivity contribution in [2.45, 2.75) is 38.8 Å². The Morgan fingerprint density at radius 2 is 1.92 bits per heavy atom. The van der Waals surface area contributed by atoms with Gasteiger partial charge >= 0.3 is 6.09 Å². The Balaban J connectivity index is 2.90. The molecule has 8 heteroatoms. The zero-order valence-electron chi connectivity index (χ0n) is 14.1. The first-order valence-electron chi connectivity index (χ1n) is 7.32. The van der Waals surface area contributed by atoms with E-state index in [1.165, 1.54) is 7.11 Å². The van der Waals surface area contributed by atoms with Crippen molar-refractivity contribution in [2.75, 3.05) is 13.8 Å². The summed E-state index contributed by atoms with van der Waals surface area (Å²) in [5.41, 5.74) is -0.0384. The quantitative estimate of drug-likeness (QED) is 0.747. The number of carbonyl (C=O) groups is 2. The number of ether oxygens (including phenoxy) is 2. The zero-order valence-corrected chi connectivity index (χ0v) is 15.6. The molecule has 24 heavy (non-hydrogen) atoms. The van der Waals surface area contributed by atoms with Crippen molar-refractivity contribution in [1.29, 1.82) is 0 Å². The van der Waals surface area contributed by atoms with Crippen LogP contribution < -0.4 is 10.6 Å². The van der Waals surface area contributed by atoms with Crippen LogP contribution in [0.4, 0.5) is 4.79 Å². The van der Waals surface area contributed by atoms with Crippen LogP contribution in [0.25, 0.3) is 0 Å². The van der Waals surface area contributed by atoms with Crippen molar-refractivity contribution in [1.82, 2.24) is 10.6 Å². The summed E-state index contributed by atoms with van der Waals surface area (Å²) in [7, 11) is 1.45. The smallest absolute Gasteiger partial charge is 0.408 e. The van der Waals surface area contributed by atoms with Gasteiger partial charge in [0.1, 0.15) is 18.4 Å². The lowest BCUT2D eigenvalue weighted by Gasteiger charge is -2.23. The monoisotopic (exact) mass is 376 g/mol. The maximum absolute atomic E-state index is 12.3. The Hall–Kier alpha value is -1.50. The third-order valence-electron chi connectivity index (χ3n) is 2.83. The van der Waals surface area contributed by atoms with Gasteiger partial charge in [0, 0.05) is 23.6 Å². The normalized spacial score (nSPS) is 12.4. The minimum Gasteiger partial charge on any atom is -0.444 e. The average Bonchev–Trinajstić information content (AvgIpc) is 2.45. The fourth-order valence-electron chi connectivity index (χ4n) is 1.85. The van der Waals surface area contributed by atoms with Crippen molar-refractivity contribution in [3.8, 4) is 0 Å². The number of hydrogen-bond donors (Lipinski definition) is 2. The fraction of sp³-hybridized carbons (Fsp3) is 0.500. The molecule has 134 valence electrons. The van der Waals surface area contributed by atoms with E-state index in [2.05, 4.69) is 10.6 Å². The summed E-state index contributed by atoms with van der Waals surface area (Å²) in [6.07, 6.45) is -0.535. The molecule has 0 bridgehead atoms. The Morgan fingerprint density at radius 3 is 2.50 bits per heavy atom. The van der Waals surface area contributed by atoms with Crippen LogP contribution >= 0.6 is 23.2 Å². The summed E-state index contributed by atoms with van der Waals surface area (Å²) in [5, 5.41) is 6.04. The molecule has 6 nitrogen and oxygen atoms in total. The van der Waals surface area contributed by atoms with Crippen LogP contribution in [-0.2, 0) is 20.7 Å². The highest BCUT2D eigenvalue weighted by atomic mass is 35.5. The van der Waals surface area contributed by atoms with E-state index < -0.39 is 23.6 Å². The van der Waals surface area contributed by atoms with Crippen molar-refractivity contribution in [3.05, 3.63) is 33.8 Å². The summed E-state index contributed by atoms with van der Waals surface area (Å²) in [4.78, 5) is 24.3. The van der Waals surface area contributed by atoms with E-state index >= 15 is 0 Å². The van der Waals surface area contributed by atoms with Crippen LogP contribution in [0.2, 0.25) is 10.0 Å². The first kappa shape index (κ1) is 20.5. The van der Waals surface area contributed by atoms with Crippen LogP contribution in [0.1, 0.15) is 26.3 Å². The molecule has 0 aliphatic carbocycles. The number of amides is 2. The Kier molecular flexibility index (Phi) is 7.79. The first-order chi connectivity index (χ1) is 11.1. The second-order valence-electron chi connectivity index (χ2n) is 6.11. The van der Waals surface area contributed by atoms with E-state index in [0.29, 0.717) is 15.6 Å². The molecule has 1 rings (SSSR count). The van der Waals surface area contributed by atoms with E-state index in [1.807, 2.05) is 0 Å². The minimum atomic E-state index is -0.883. The van der Waals surface area contributed by atoms with Crippen LogP contribution in [0.15, 0.2) is 18.2 Å². The fourth-order valence-corrected chi connectivity index (χ4v) is 2.23. The molecule has 0 saturated carbocycles. The first-order valence-corrected chi connectivity index (χ1v) is 8.08. The minimum absolute atomic E-state index is 0.0224. The number of nitrogens with one attached hydrogen (secondary N) is 2. The molecular formula is C16H22Cl2N2O4. The Labute approximate surface area is 151 Å².